The van der Waals surface area contributed by atoms with Crippen molar-refractivity contribution >= 4 is 0 Å². The van der Waals surface area contributed by atoms with Gasteiger partial charge in [0.05, 0.1) is 26.4 Å². The lowest BCUT2D eigenvalue weighted by Gasteiger charge is -2.26. The van der Waals surface area contributed by atoms with E-state index in [1.807, 2.05) is 6.92 Å². The molecule has 6 nitrogen and oxygen atoms in total. The molecular weight excluding hydrogens is 264 g/mol. The van der Waals surface area contributed by atoms with Crippen LogP contribution in [0.2, 0.25) is 0 Å². The number of benzene rings is 1. The average molecular weight is 286 g/mol. The van der Waals surface area contributed by atoms with Crippen LogP contribution in [0.1, 0.15) is 13.3 Å². The zero-order valence-corrected chi connectivity index (χ0v) is 11.7. The first-order chi connectivity index (χ1) is 9.64. The summed E-state index contributed by atoms with van der Waals surface area (Å²) in [4.78, 5) is 0. The molecule has 0 aromatic heterocycles. The van der Waals surface area contributed by atoms with Gasteiger partial charge in [-0.15, -0.1) is 0 Å². The fourth-order valence-corrected chi connectivity index (χ4v) is 1.53. The molecule has 3 atom stereocenters. The van der Waals surface area contributed by atoms with Gasteiger partial charge in [-0.3, -0.25) is 0 Å². The molecule has 0 fully saturated rings. The van der Waals surface area contributed by atoms with Gasteiger partial charge in [0.2, 0.25) is 6.29 Å². The van der Waals surface area contributed by atoms with Gasteiger partial charge in [0.15, 0.2) is 0 Å². The smallest absolute Gasteiger partial charge is 0.228 e. The van der Waals surface area contributed by atoms with Crippen LogP contribution >= 0.6 is 0 Å². The molecule has 114 valence electrons. The first-order valence-corrected chi connectivity index (χ1v) is 6.50. The van der Waals surface area contributed by atoms with Gasteiger partial charge in [-0.2, -0.15) is 0 Å². The lowest BCUT2D eigenvalue weighted by molar-refractivity contribution is -0.188. The molecule has 0 amide bonds. The number of methoxy groups -OCH3 is 1. The van der Waals surface area contributed by atoms with Crippen molar-refractivity contribution in [1.82, 2.24) is 0 Å². The number of hydrogen-bond acceptors (Lipinski definition) is 6. The molecule has 0 saturated carbocycles. The van der Waals surface area contributed by atoms with Crippen molar-refractivity contribution in [3.8, 4) is 11.5 Å². The number of aliphatic hydroxyl groups excluding tert-OH is 3. The zero-order valence-electron chi connectivity index (χ0n) is 11.7. The molecule has 1 rings (SSSR count). The van der Waals surface area contributed by atoms with E-state index in [1.165, 1.54) is 0 Å². The van der Waals surface area contributed by atoms with Crippen LogP contribution in [-0.2, 0) is 4.74 Å². The minimum atomic E-state index is -1.20. The van der Waals surface area contributed by atoms with Crippen LogP contribution in [0.5, 0.6) is 11.5 Å². The van der Waals surface area contributed by atoms with Gasteiger partial charge in [0.25, 0.3) is 0 Å². The largest absolute Gasteiger partial charge is 0.497 e. The Morgan fingerprint density at radius 2 is 1.65 bits per heavy atom. The third kappa shape index (κ3) is 4.97. The van der Waals surface area contributed by atoms with Gasteiger partial charge < -0.3 is 29.5 Å². The third-order valence-corrected chi connectivity index (χ3v) is 2.80. The van der Waals surface area contributed by atoms with E-state index < -0.39 is 25.1 Å². The quantitative estimate of drug-likeness (QED) is 0.574. The number of rotatable bonds is 9. The molecule has 1 aromatic carbocycles. The van der Waals surface area contributed by atoms with Crippen molar-refractivity contribution in [3.63, 3.8) is 0 Å². The lowest BCUT2D eigenvalue weighted by Crippen LogP contribution is -2.40. The van der Waals surface area contributed by atoms with Crippen molar-refractivity contribution in [2.24, 2.45) is 0 Å². The van der Waals surface area contributed by atoms with Crippen LogP contribution in [0.15, 0.2) is 24.3 Å². The molecular formula is C14H22O6. The highest BCUT2D eigenvalue weighted by atomic mass is 16.7. The summed E-state index contributed by atoms with van der Waals surface area (Å²) in [7, 11) is 1.56. The van der Waals surface area contributed by atoms with Crippen LogP contribution < -0.4 is 9.47 Å². The predicted octanol–water partition coefficient (Wildman–Crippen LogP) is 0.541. The molecule has 6 heteroatoms. The molecule has 0 aliphatic rings. The Morgan fingerprint density at radius 3 is 2.10 bits per heavy atom. The van der Waals surface area contributed by atoms with Crippen molar-refractivity contribution < 1.29 is 29.5 Å². The SMILES string of the molecule is CCC(CO)OC(Oc1ccc(OC)cc1)[C@@H](O)CO. The van der Waals surface area contributed by atoms with E-state index in [-0.39, 0.29) is 6.61 Å². The van der Waals surface area contributed by atoms with Crippen LogP contribution in [0.25, 0.3) is 0 Å². The molecule has 2 unspecified atom stereocenters. The molecule has 20 heavy (non-hydrogen) atoms. The molecule has 0 bridgehead atoms. The summed E-state index contributed by atoms with van der Waals surface area (Å²) in [6.45, 7) is 1.16. The second-order valence-corrected chi connectivity index (χ2v) is 4.26. The Morgan fingerprint density at radius 1 is 1.05 bits per heavy atom. The van der Waals surface area contributed by atoms with Gasteiger partial charge in [0.1, 0.15) is 17.6 Å². The summed E-state index contributed by atoms with van der Waals surface area (Å²) in [5, 5.41) is 27.9. The molecule has 0 aliphatic carbocycles. The Kier molecular flexibility index (Phi) is 7.32. The first-order valence-electron chi connectivity index (χ1n) is 6.50. The van der Waals surface area contributed by atoms with E-state index in [9.17, 15) is 5.11 Å². The van der Waals surface area contributed by atoms with E-state index in [4.69, 9.17) is 24.4 Å². The Bertz CT molecular complexity index is 362. The average Bonchev–Trinajstić information content (AvgIpc) is 2.51. The molecule has 1 aromatic rings. The number of ether oxygens (including phenoxy) is 3. The predicted molar refractivity (Wildman–Crippen MR) is 72.8 cm³/mol. The summed E-state index contributed by atoms with van der Waals surface area (Å²) in [5.41, 5.74) is 0. The molecule has 0 aliphatic heterocycles. The maximum absolute atomic E-state index is 9.71. The first kappa shape index (κ1) is 16.7. The highest BCUT2D eigenvalue weighted by molar-refractivity contribution is 5.31. The Balaban J connectivity index is 2.72. The van der Waals surface area contributed by atoms with E-state index in [1.54, 1.807) is 31.4 Å². The summed E-state index contributed by atoms with van der Waals surface area (Å²) in [6.07, 6.45) is -2.14. The van der Waals surface area contributed by atoms with E-state index in [2.05, 4.69) is 0 Å². The van der Waals surface area contributed by atoms with Crippen molar-refractivity contribution in [1.29, 1.82) is 0 Å². The molecule has 0 heterocycles. The lowest BCUT2D eigenvalue weighted by atomic mass is 10.3. The van der Waals surface area contributed by atoms with E-state index >= 15 is 0 Å². The number of hydrogen-bond donors (Lipinski definition) is 3. The van der Waals surface area contributed by atoms with Crippen molar-refractivity contribution in [2.45, 2.75) is 31.8 Å². The van der Waals surface area contributed by atoms with Crippen LogP contribution in [0, 0.1) is 0 Å². The standard InChI is InChI=1S/C14H22O6/c1-3-10(8-15)19-14(13(17)9-16)20-12-6-4-11(18-2)5-7-12/h4-7,10,13-17H,3,8-9H2,1-2H3/t10?,13-,14?/m0/s1. The third-order valence-electron chi connectivity index (χ3n) is 2.80. The summed E-state index contributed by atoms with van der Waals surface area (Å²) >= 11 is 0. The van der Waals surface area contributed by atoms with Gasteiger partial charge in [0, 0.05) is 0 Å². The highest BCUT2D eigenvalue weighted by Crippen LogP contribution is 2.20. The number of aliphatic hydroxyl groups is 3. The van der Waals surface area contributed by atoms with Gasteiger partial charge >= 0.3 is 0 Å². The van der Waals surface area contributed by atoms with Crippen molar-refractivity contribution in [3.05, 3.63) is 24.3 Å². The minimum Gasteiger partial charge on any atom is -0.497 e. The minimum absolute atomic E-state index is 0.183. The van der Waals surface area contributed by atoms with E-state index in [0.717, 1.165) is 0 Å². The maximum Gasteiger partial charge on any atom is 0.228 e. The van der Waals surface area contributed by atoms with Crippen LogP contribution in [0.3, 0.4) is 0 Å². The van der Waals surface area contributed by atoms with E-state index in [0.29, 0.717) is 17.9 Å². The highest BCUT2D eigenvalue weighted by Gasteiger charge is 2.24. The summed E-state index contributed by atoms with van der Waals surface area (Å²) < 4.78 is 16.0. The topological polar surface area (TPSA) is 88.4 Å². The molecule has 0 radical (unpaired) electrons. The maximum atomic E-state index is 9.71. The van der Waals surface area contributed by atoms with Gasteiger partial charge in [-0.1, -0.05) is 6.92 Å². The summed E-state index contributed by atoms with van der Waals surface area (Å²) in [5.74, 6) is 1.15. The monoisotopic (exact) mass is 286 g/mol. The zero-order chi connectivity index (χ0) is 15.0. The fraction of sp³-hybridized carbons (Fsp3) is 0.571. The van der Waals surface area contributed by atoms with Crippen LogP contribution in [0.4, 0.5) is 0 Å². The Labute approximate surface area is 118 Å². The fourth-order valence-electron chi connectivity index (χ4n) is 1.53. The molecule has 0 saturated heterocycles. The van der Waals surface area contributed by atoms with Crippen LogP contribution in [-0.4, -0.2) is 54.1 Å². The van der Waals surface area contributed by atoms with Gasteiger partial charge in [-0.25, -0.2) is 0 Å². The summed E-state index contributed by atoms with van der Waals surface area (Å²) in [6, 6.07) is 6.75. The molecule has 0 spiro atoms. The van der Waals surface area contributed by atoms with Gasteiger partial charge in [-0.05, 0) is 30.7 Å². The second-order valence-electron chi connectivity index (χ2n) is 4.26. The van der Waals surface area contributed by atoms with Crippen molar-refractivity contribution in [2.75, 3.05) is 20.3 Å². The second kappa shape index (κ2) is 8.76. The molecule has 3 N–H and O–H groups in total. The normalized spacial score (nSPS) is 15.4. The Hall–Kier alpha value is -1.34.